The summed E-state index contributed by atoms with van der Waals surface area (Å²) in [7, 11) is 0. The van der Waals surface area contributed by atoms with Gasteiger partial charge in [0, 0.05) is 19.3 Å². The van der Waals surface area contributed by atoms with E-state index in [2.05, 4.69) is 20.1 Å². The van der Waals surface area contributed by atoms with Gasteiger partial charge in [-0.2, -0.15) is 10.1 Å². The maximum atomic E-state index is 12.0. The molecule has 1 aliphatic heterocycles. The third-order valence-electron chi connectivity index (χ3n) is 4.00. The second-order valence-electron chi connectivity index (χ2n) is 5.56. The summed E-state index contributed by atoms with van der Waals surface area (Å²) in [5, 5.41) is 4.72. The fourth-order valence-electron chi connectivity index (χ4n) is 2.78. The van der Waals surface area contributed by atoms with Gasteiger partial charge in [-0.1, -0.05) is 0 Å². The van der Waals surface area contributed by atoms with Crippen LogP contribution in [0.3, 0.4) is 0 Å². The van der Waals surface area contributed by atoms with Crippen LogP contribution in [0.15, 0.2) is 35.6 Å². The number of nitrogens with one attached hydrogen (secondary N) is 1. The van der Waals surface area contributed by atoms with E-state index in [-0.39, 0.29) is 17.6 Å². The largest absolute Gasteiger partial charge is 0.422 e. The molecule has 24 heavy (non-hydrogen) atoms. The molecule has 0 aromatic carbocycles. The Kier molecular flexibility index (Phi) is 3.45. The molecule has 9 heteroatoms. The maximum absolute atomic E-state index is 12.0. The summed E-state index contributed by atoms with van der Waals surface area (Å²) in [5.41, 5.74) is 0.170. The minimum Gasteiger partial charge on any atom is -0.422 e. The van der Waals surface area contributed by atoms with Gasteiger partial charge in [0.1, 0.15) is 0 Å². The van der Waals surface area contributed by atoms with Crippen LogP contribution in [0.5, 0.6) is 11.8 Å². The van der Waals surface area contributed by atoms with Crippen LogP contribution in [0, 0.1) is 0 Å². The van der Waals surface area contributed by atoms with E-state index in [0.29, 0.717) is 23.2 Å². The summed E-state index contributed by atoms with van der Waals surface area (Å²) in [6.07, 6.45) is 8.01. The van der Waals surface area contributed by atoms with Gasteiger partial charge in [-0.3, -0.25) is 24.2 Å². The Morgan fingerprint density at radius 2 is 2.29 bits per heavy atom. The molecule has 9 nitrogen and oxygen atoms in total. The second kappa shape index (κ2) is 5.76. The highest BCUT2D eigenvalue weighted by atomic mass is 16.5. The van der Waals surface area contributed by atoms with E-state index in [9.17, 15) is 9.59 Å². The summed E-state index contributed by atoms with van der Waals surface area (Å²) < 4.78 is 7.36. The van der Waals surface area contributed by atoms with E-state index >= 15 is 0 Å². The number of pyridine rings is 1. The van der Waals surface area contributed by atoms with Crippen LogP contribution in [0.25, 0.3) is 10.9 Å². The quantitative estimate of drug-likeness (QED) is 0.708. The first kappa shape index (κ1) is 14.4. The summed E-state index contributed by atoms with van der Waals surface area (Å²) in [4.78, 5) is 35.3. The molecule has 1 fully saturated rings. The zero-order valence-electron chi connectivity index (χ0n) is 12.6. The Bertz CT molecular complexity index is 950. The van der Waals surface area contributed by atoms with E-state index in [1.807, 2.05) is 0 Å². The summed E-state index contributed by atoms with van der Waals surface area (Å²) in [6, 6.07) is 1.81. The van der Waals surface area contributed by atoms with Crippen molar-refractivity contribution in [2.45, 2.75) is 12.5 Å². The molecular weight excluding hydrogens is 312 g/mol. The lowest BCUT2D eigenvalue weighted by molar-refractivity contribution is -0.117. The predicted octanol–water partition coefficient (Wildman–Crippen LogP) is 0.710. The van der Waals surface area contributed by atoms with Crippen molar-refractivity contribution in [2.75, 3.05) is 13.1 Å². The Morgan fingerprint density at radius 1 is 1.38 bits per heavy atom. The van der Waals surface area contributed by atoms with Crippen molar-refractivity contribution in [3.05, 3.63) is 41.2 Å². The smallest absolute Gasteiger partial charge is 0.302 e. The van der Waals surface area contributed by atoms with Gasteiger partial charge in [0.05, 0.1) is 35.5 Å². The van der Waals surface area contributed by atoms with E-state index < -0.39 is 0 Å². The average molecular weight is 326 g/mol. The Labute approximate surface area is 135 Å². The van der Waals surface area contributed by atoms with E-state index in [4.69, 9.17) is 4.74 Å². The zero-order chi connectivity index (χ0) is 16.5. The van der Waals surface area contributed by atoms with Gasteiger partial charge in [0.15, 0.2) is 5.75 Å². The van der Waals surface area contributed by atoms with E-state index in [0.717, 1.165) is 19.4 Å². The number of aromatic nitrogens is 5. The number of hydrogen-bond donors (Lipinski definition) is 1. The molecule has 1 amide bonds. The number of carbonyl (C=O) groups excluding carboxylic acids is 1. The number of likely N-dealkylation sites (tertiary alicyclic amines) is 1. The lowest BCUT2D eigenvalue weighted by Crippen LogP contribution is -2.19. The Balaban J connectivity index is 1.56. The zero-order valence-corrected chi connectivity index (χ0v) is 12.6. The molecule has 0 radical (unpaired) electrons. The summed E-state index contributed by atoms with van der Waals surface area (Å²) >= 11 is 0. The number of nitrogens with zero attached hydrogens (tertiary/aromatic N) is 5. The van der Waals surface area contributed by atoms with Gasteiger partial charge in [-0.25, -0.2) is 0 Å². The minimum absolute atomic E-state index is 0.0842. The van der Waals surface area contributed by atoms with Crippen molar-refractivity contribution >= 4 is 17.3 Å². The van der Waals surface area contributed by atoms with Gasteiger partial charge < -0.3 is 9.64 Å². The van der Waals surface area contributed by atoms with E-state index in [1.165, 1.54) is 12.4 Å². The number of fused-ring (bicyclic) bond motifs is 1. The predicted molar refractivity (Wildman–Crippen MR) is 83.8 cm³/mol. The van der Waals surface area contributed by atoms with Gasteiger partial charge >= 0.3 is 6.01 Å². The van der Waals surface area contributed by atoms with E-state index in [1.54, 1.807) is 28.0 Å². The molecule has 0 unspecified atom stereocenters. The third kappa shape index (κ3) is 2.60. The molecule has 4 rings (SSSR count). The molecule has 3 aromatic rings. The highest BCUT2D eigenvalue weighted by molar-refractivity contribution is 5.76. The van der Waals surface area contributed by atoms with Crippen LogP contribution in [-0.2, 0) is 4.79 Å². The fourth-order valence-corrected chi connectivity index (χ4v) is 2.78. The van der Waals surface area contributed by atoms with Crippen LogP contribution in [-0.4, -0.2) is 49.1 Å². The number of H-pyrrole nitrogens is 1. The molecule has 122 valence electrons. The molecule has 0 bridgehead atoms. The molecular formula is C15H14N6O3. The topological polar surface area (TPSA) is 106 Å². The molecule has 0 aliphatic carbocycles. The first-order valence-corrected chi connectivity index (χ1v) is 7.48. The van der Waals surface area contributed by atoms with Crippen molar-refractivity contribution in [2.24, 2.45) is 0 Å². The van der Waals surface area contributed by atoms with Gasteiger partial charge in [0.2, 0.25) is 6.41 Å². The molecule has 0 spiro atoms. The normalized spacial score (nSPS) is 17.3. The average Bonchev–Trinajstić information content (AvgIpc) is 3.24. The molecule has 4 heterocycles. The number of amides is 1. The van der Waals surface area contributed by atoms with Gasteiger partial charge in [-0.15, -0.1) is 0 Å². The fraction of sp³-hybridized carbons (Fsp3) is 0.267. The molecule has 1 saturated heterocycles. The number of aromatic amines is 1. The number of hydrogen-bond acceptors (Lipinski definition) is 6. The van der Waals surface area contributed by atoms with Crippen LogP contribution >= 0.6 is 0 Å². The highest BCUT2D eigenvalue weighted by Gasteiger charge is 2.23. The maximum Gasteiger partial charge on any atom is 0.302 e. The SMILES string of the molecule is O=CN1CC[C@H](n2cc(Oc3nc4cnccc4c(=O)[nH]3)cn2)C1. The molecule has 0 saturated carbocycles. The van der Waals surface area contributed by atoms with Crippen molar-refractivity contribution in [1.29, 1.82) is 0 Å². The van der Waals surface area contributed by atoms with Crippen LogP contribution in [0.2, 0.25) is 0 Å². The second-order valence-corrected chi connectivity index (χ2v) is 5.56. The van der Waals surface area contributed by atoms with Crippen LogP contribution < -0.4 is 10.3 Å². The first-order valence-electron chi connectivity index (χ1n) is 7.48. The highest BCUT2D eigenvalue weighted by Crippen LogP contribution is 2.23. The number of carbonyl (C=O) groups is 1. The number of rotatable bonds is 4. The first-order chi connectivity index (χ1) is 11.7. The Hall–Kier alpha value is -3.23. The molecule has 1 N–H and O–H groups in total. The monoisotopic (exact) mass is 326 g/mol. The minimum atomic E-state index is -0.290. The van der Waals surface area contributed by atoms with Gasteiger partial charge in [0.25, 0.3) is 5.56 Å². The molecule has 3 aromatic heterocycles. The van der Waals surface area contributed by atoms with Crippen molar-refractivity contribution in [1.82, 2.24) is 29.6 Å². The standard InChI is InChI=1S/C15H14N6O3/c22-9-20-4-2-10(7-20)21-8-11(5-17-21)24-15-18-13-6-16-3-1-12(13)14(23)19-15/h1,3,5-6,8-10H,2,4,7H2,(H,18,19,23)/t10-/m0/s1. The number of ether oxygens (including phenoxy) is 1. The van der Waals surface area contributed by atoms with Crippen LogP contribution in [0.1, 0.15) is 12.5 Å². The third-order valence-corrected chi connectivity index (χ3v) is 4.00. The Morgan fingerprint density at radius 3 is 3.12 bits per heavy atom. The van der Waals surface area contributed by atoms with Gasteiger partial charge in [-0.05, 0) is 12.5 Å². The summed E-state index contributed by atoms with van der Waals surface area (Å²) in [6.45, 7) is 1.35. The lowest BCUT2D eigenvalue weighted by atomic mass is 10.3. The molecule has 1 aliphatic rings. The lowest BCUT2D eigenvalue weighted by Gasteiger charge is -2.10. The molecule has 1 atom stereocenters. The van der Waals surface area contributed by atoms with Crippen molar-refractivity contribution < 1.29 is 9.53 Å². The summed E-state index contributed by atoms with van der Waals surface area (Å²) in [5.74, 6) is 0.464. The van der Waals surface area contributed by atoms with Crippen molar-refractivity contribution in [3.8, 4) is 11.8 Å². The van der Waals surface area contributed by atoms with Crippen molar-refractivity contribution in [3.63, 3.8) is 0 Å². The van der Waals surface area contributed by atoms with Crippen LogP contribution in [0.4, 0.5) is 0 Å².